The highest BCUT2D eigenvalue weighted by molar-refractivity contribution is 7.90. The molecule has 0 bridgehead atoms. The molecule has 19 heavy (non-hydrogen) atoms. The number of anilines is 2. The van der Waals surface area contributed by atoms with E-state index in [9.17, 15) is 8.42 Å². The summed E-state index contributed by atoms with van der Waals surface area (Å²) in [6.07, 6.45) is 2.93. The number of hydrogen-bond acceptors (Lipinski definition) is 3. The van der Waals surface area contributed by atoms with Crippen molar-refractivity contribution in [1.82, 2.24) is 4.31 Å². The molecular weight excluding hydrogens is 262 g/mol. The molecule has 1 aromatic rings. The van der Waals surface area contributed by atoms with Crippen molar-refractivity contribution in [2.24, 2.45) is 0 Å². The summed E-state index contributed by atoms with van der Waals surface area (Å²) in [5.41, 5.74) is 7.82. The second kappa shape index (κ2) is 5.38. The summed E-state index contributed by atoms with van der Waals surface area (Å²) in [4.78, 5) is 0. The van der Waals surface area contributed by atoms with Crippen LogP contribution in [-0.2, 0) is 10.2 Å². The van der Waals surface area contributed by atoms with Crippen LogP contribution >= 0.6 is 0 Å². The molecule has 6 heteroatoms. The van der Waals surface area contributed by atoms with Gasteiger partial charge in [-0.05, 0) is 50.5 Å². The molecule has 1 heterocycles. The van der Waals surface area contributed by atoms with Crippen molar-refractivity contribution >= 4 is 21.6 Å². The zero-order valence-corrected chi connectivity index (χ0v) is 12.2. The molecule has 0 radical (unpaired) electrons. The fourth-order valence-corrected chi connectivity index (χ4v) is 3.87. The van der Waals surface area contributed by atoms with Gasteiger partial charge in [-0.25, -0.2) is 0 Å². The Bertz CT molecular complexity index is 557. The average Bonchev–Trinajstić information content (AvgIpc) is 2.34. The van der Waals surface area contributed by atoms with Crippen molar-refractivity contribution < 1.29 is 8.42 Å². The van der Waals surface area contributed by atoms with E-state index >= 15 is 0 Å². The van der Waals surface area contributed by atoms with Crippen LogP contribution in [0.5, 0.6) is 0 Å². The molecule has 0 spiro atoms. The van der Waals surface area contributed by atoms with Gasteiger partial charge in [-0.1, -0.05) is 6.42 Å². The molecule has 0 saturated carbocycles. The quantitative estimate of drug-likeness (QED) is 0.834. The van der Waals surface area contributed by atoms with Crippen LogP contribution in [-0.4, -0.2) is 25.3 Å². The molecule has 0 aromatic heterocycles. The van der Waals surface area contributed by atoms with Crippen LogP contribution in [0.4, 0.5) is 11.4 Å². The molecule has 3 N–H and O–H groups in total. The molecule has 2 rings (SSSR count). The van der Waals surface area contributed by atoms with Gasteiger partial charge in [0, 0.05) is 18.3 Å². The first-order chi connectivity index (χ1) is 8.90. The van der Waals surface area contributed by atoms with E-state index in [1.807, 2.05) is 13.8 Å². The van der Waals surface area contributed by atoms with E-state index in [4.69, 9.17) is 5.73 Å². The monoisotopic (exact) mass is 283 g/mol. The molecule has 1 aromatic carbocycles. The summed E-state index contributed by atoms with van der Waals surface area (Å²) in [5, 5.41) is 0. The summed E-state index contributed by atoms with van der Waals surface area (Å²) in [5.74, 6) is 0. The number of piperidine rings is 1. The van der Waals surface area contributed by atoms with Crippen LogP contribution in [0.1, 0.15) is 31.7 Å². The third kappa shape index (κ3) is 3.19. The van der Waals surface area contributed by atoms with Gasteiger partial charge in [-0.3, -0.25) is 4.72 Å². The molecule has 1 unspecified atom stereocenters. The number of nitrogens with zero attached hydrogens (tertiary/aromatic N) is 1. The minimum atomic E-state index is -3.47. The van der Waals surface area contributed by atoms with Crippen molar-refractivity contribution in [3.8, 4) is 0 Å². The van der Waals surface area contributed by atoms with Crippen molar-refractivity contribution in [3.63, 3.8) is 0 Å². The normalized spacial score (nSPS) is 21.3. The van der Waals surface area contributed by atoms with E-state index in [0.717, 1.165) is 24.8 Å². The minimum absolute atomic E-state index is 0.0566. The van der Waals surface area contributed by atoms with E-state index < -0.39 is 10.2 Å². The Hall–Kier alpha value is -1.27. The molecule has 106 valence electrons. The number of aryl methyl sites for hydroxylation is 1. The second-order valence-corrected chi connectivity index (χ2v) is 6.76. The maximum atomic E-state index is 12.3. The Kier molecular flexibility index (Phi) is 4.01. The summed E-state index contributed by atoms with van der Waals surface area (Å²) in [7, 11) is -3.47. The molecule has 1 saturated heterocycles. The summed E-state index contributed by atoms with van der Waals surface area (Å²) >= 11 is 0. The van der Waals surface area contributed by atoms with Gasteiger partial charge in [-0.2, -0.15) is 12.7 Å². The highest BCUT2D eigenvalue weighted by atomic mass is 32.2. The van der Waals surface area contributed by atoms with Gasteiger partial charge in [0.2, 0.25) is 0 Å². The van der Waals surface area contributed by atoms with Gasteiger partial charge in [0.05, 0.1) is 5.69 Å². The lowest BCUT2D eigenvalue weighted by atomic mass is 10.1. The first-order valence-corrected chi connectivity index (χ1v) is 8.00. The lowest BCUT2D eigenvalue weighted by Gasteiger charge is -2.32. The van der Waals surface area contributed by atoms with Crippen LogP contribution in [0, 0.1) is 6.92 Å². The minimum Gasteiger partial charge on any atom is -0.399 e. The molecule has 1 fully saturated rings. The van der Waals surface area contributed by atoms with Gasteiger partial charge >= 0.3 is 10.2 Å². The van der Waals surface area contributed by atoms with Crippen LogP contribution < -0.4 is 10.5 Å². The number of rotatable bonds is 3. The standard InChI is InChI=1S/C13H21N3O2S/c1-10-9-12(6-7-13(10)14)15-19(17,18)16-8-4-3-5-11(16)2/h6-7,9,11,15H,3-5,8,14H2,1-2H3. The van der Waals surface area contributed by atoms with Gasteiger partial charge in [0.15, 0.2) is 0 Å². The summed E-state index contributed by atoms with van der Waals surface area (Å²) in [6, 6.07) is 5.21. The largest absolute Gasteiger partial charge is 0.399 e. The molecule has 1 aliphatic heterocycles. The maximum Gasteiger partial charge on any atom is 0.301 e. The van der Waals surface area contributed by atoms with E-state index in [-0.39, 0.29) is 6.04 Å². The van der Waals surface area contributed by atoms with Gasteiger partial charge < -0.3 is 5.73 Å². The topological polar surface area (TPSA) is 75.4 Å². The highest BCUT2D eigenvalue weighted by Crippen LogP contribution is 2.23. The van der Waals surface area contributed by atoms with Crippen LogP contribution in [0.3, 0.4) is 0 Å². The Labute approximate surface area is 115 Å². The second-order valence-electron chi connectivity index (χ2n) is 5.13. The van der Waals surface area contributed by atoms with Crippen molar-refractivity contribution in [1.29, 1.82) is 0 Å². The fourth-order valence-electron chi connectivity index (χ4n) is 2.38. The lowest BCUT2D eigenvalue weighted by molar-refractivity contribution is 0.270. The molecule has 0 aliphatic carbocycles. The van der Waals surface area contributed by atoms with E-state index in [2.05, 4.69) is 4.72 Å². The SMILES string of the molecule is Cc1cc(NS(=O)(=O)N2CCCCC2C)ccc1N. The fraction of sp³-hybridized carbons (Fsp3) is 0.538. The number of hydrogen-bond donors (Lipinski definition) is 2. The maximum absolute atomic E-state index is 12.3. The zero-order chi connectivity index (χ0) is 14.0. The first-order valence-electron chi connectivity index (χ1n) is 6.56. The Morgan fingerprint density at radius 1 is 1.37 bits per heavy atom. The van der Waals surface area contributed by atoms with Crippen LogP contribution in [0.25, 0.3) is 0 Å². The predicted molar refractivity (Wildman–Crippen MR) is 78.2 cm³/mol. The summed E-state index contributed by atoms with van der Waals surface area (Å²) < 4.78 is 28.9. The number of nitrogen functional groups attached to an aromatic ring is 1. The molecule has 1 aliphatic rings. The van der Waals surface area contributed by atoms with E-state index in [0.29, 0.717) is 17.9 Å². The third-order valence-corrected chi connectivity index (χ3v) is 5.22. The highest BCUT2D eigenvalue weighted by Gasteiger charge is 2.29. The zero-order valence-electron chi connectivity index (χ0n) is 11.4. The third-order valence-electron chi connectivity index (χ3n) is 3.57. The smallest absolute Gasteiger partial charge is 0.301 e. The number of nitrogens with one attached hydrogen (secondary N) is 1. The van der Waals surface area contributed by atoms with Crippen molar-refractivity contribution in [2.45, 2.75) is 39.2 Å². The average molecular weight is 283 g/mol. The summed E-state index contributed by atoms with van der Waals surface area (Å²) in [6.45, 7) is 4.40. The number of benzene rings is 1. The lowest BCUT2D eigenvalue weighted by Crippen LogP contribution is -2.44. The molecule has 0 amide bonds. The van der Waals surface area contributed by atoms with Crippen LogP contribution in [0.15, 0.2) is 18.2 Å². The van der Waals surface area contributed by atoms with Gasteiger partial charge in [-0.15, -0.1) is 0 Å². The van der Waals surface area contributed by atoms with Gasteiger partial charge in [0.25, 0.3) is 0 Å². The first kappa shape index (κ1) is 14.1. The van der Waals surface area contributed by atoms with Crippen LogP contribution in [0.2, 0.25) is 0 Å². The van der Waals surface area contributed by atoms with Crippen molar-refractivity contribution in [3.05, 3.63) is 23.8 Å². The molecule has 5 nitrogen and oxygen atoms in total. The van der Waals surface area contributed by atoms with E-state index in [1.165, 1.54) is 0 Å². The Morgan fingerprint density at radius 2 is 2.11 bits per heavy atom. The number of nitrogens with two attached hydrogens (primary N) is 1. The molecule has 1 atom stereocenters. The van der Waals surface area contributed by atoms with Crippen molar-refractivity contribution in [2.75, 3.05) is 17.0 Å². The van der Waals surface area contributed by atoms with Gasteiger partial charge in [0.1, 0.15) is 0 Å². The Morgan fingerprint density at radius 3 is 2.74 bits per heavy atom. The predicted octanol–water partition coefficient (Wildman–Crippen LogP) is 2.11. The Balaban J connectivity index is 2.18. The van der Waals surface area contributed by atoms with E-state index in [1.54, 1.807) is 22.5 Å². The molecular formula is C13H21N3O2S.